The van der Waals surface area contributed by atoms with Gasteiger partial charge in [0.05, 0.1) is 33.6 Å². The van der Waals surface area contributed by atoms with Crippen LogP contribution in [0.4, 0.5) is 5.82 Å². The maximum Gasteiger partial charge on any atom is 0.217 e. The van der Waals surface area contributed by atoms with Crippen LogP contribution in [0.3, 0.4) is 0 Å². The highest BCUT2D eigenvalue weighted by atomic mass is 32.2. The lowest BCUT2D eigenvalue weighted by atomic mass is 10.2. The molecule has 0 saturated carbocycles. The van der Waals surface area contributed by atoms with Gasteiger partial charge in [-0.1, -0.05) is 20.8 Å². The van der Waals surface area contributed by atoms with E-state index < -0.39 is 0 Å². The Hall–Kier alpha value is -9.73. The number of benzene rings is 3. The average molecular weight is 1330 g/mol. The summed E-state index contributed by atoms with van der Waals surface area (Å²) in [5.74, 6) is 0.743. The minimum absolute atomic E-state index is 0.678. The number of aryl methyl sites for hydroxylation is 5. The molecule has 0 saturated heterocycles. The van der Waals surface area contributed by atoms with Crippen molar-refractivity contribution in [3.8, 4) is 0 Å². The van der Waals surface area contributed by atoms with Crippen LogP contribution in [-0.2, 0) is 33.4 Å². The molecule has 1 N–H and O–H groups in total. The number of hydrogen-bond acceptors (Lipinski definition) is 26. The van der Waals surface area contributed by atoms with Gasteiger partial charge in [-0.3, -0.25) is 15.0 Å². The highest BCUT2D eigenvalue weighted by molar-refractivity contribution is 8.00. The van der Waals surface area contributed by atoms with E-state index >= 15 is 0 Å². The Morgan fingerprint density at radius 3 is 1.04 bits per heavy atom. The molecule has 0 amide bonds. The molecule has 0 radical (unpaired) electrons. The Kier molecular flexibility index (Phi) is 17.3. The molecule has 0 fully saturated rings. The molecule has 0 unspecified atom stereocenters. The normalized spacial score (nSPS) is 11.5. The number of anilines is 1. The maximum absolute atomic E-state index is 4.65. The Morgan fingerprint density at radius 2 is 0.685 bits per heavy atom. The molecule has 13 heterocycles. The van der Waals surface area contributed by atoms with Crippen LogP contribution in [0.5, 0.6) is 0 Å². The molecule has 0 spiro atoms. The highest BCUT2D eigenvalue weighted by Crippen LogP contribution is 2.39. The first-order valence-electron chi connectivity index (χ1n) is 28.6. The fourth-order valence-corrected chi connectivity index (χ4v) is 14.4. The second-order valence-corrected chi connectivity index (χ2v) is 26.2. The molecule has 0 aliphatic heterocycles. The Labute approximate surface area is 548 Å². The van der Waals surface area contributed by atoms with E-state index in [-0.39, 0.29) is 0 Å². The van der Waals surface area contributed by atoms with Crippen molar-refractivity contribution in [3.05, 3.63) is 170 Å². The van der Waals surface area contributed by atoms with E-state index in [1.54, 1.807) is 60.4 Å². The van der Waals surface area contributed by atoms with Crippen molar-refractivity contribution in [2.45, 2.75) is 100 Å². The number of nitrogens with one attached hydrogen (secondary N) is 1. The van der Waals surface area contributed by atoms with Crippen molar-refractivity contribution in [3.63, 3.8) is 0 Å². The van der Waals surface area contributed by atoms with Crippen LogP contribution < -0.4 is 5.32 Å². The minimum atomic E-state index is 0.678. The van der Waals surface area contributed by atoms with Gasteiger partial charge in [-0.2, -0.15) is 33.4 Å². The van der Waals surface area contributed by atoms with E-state index in [0.29, 0.717) is 10.8 Å². The van der Waals surface area contributed by atoms with Gasteiger partial charge in [-0.05, 0) is 211 Å². The first-order valence-corrected chi connectivity index (χ1v) is 33.5. The van der Waals surface area contributed by atoms with Crippen LogP contribution in [0.25, 0.3) is 55.3 Å². The Balaban J connectivity index is 0.000000120. The van der Waals surface area contributed by atoms with Gasteiger partial charge < -0.3 is 14.5 Å². The molecule has 26 nitrogen and oxygen atoms in total. The molecule has 32 heteroatoms. The number of pyridine rings is 3. The monoisotopic (exact) mass is 1330 g/mol. The van der Waals surface area contributed by atoms with Crippen molar-refractivity contribution < 1.29 is 0 Å². The summed E-state index contributed by atoms with van der Waals surface area (Å²) < 4.78 is 10.9. The van der Waals surface area contributed by atoms with Crippen LogP contribution in [0, 0.1) is 0 Å². The third-order valence-electron chi connectivity index (χ3n) is 14.0. The molecule has 456 valence electrons. The van der Waals surface area contributed by atoms with E-state index in [1.165, 1.54) is 47.0 Å². The molecule has 16 rings (SSSR count). The lowest BCUT2D eigenvalue weighted by Gasteiger charge is -2.07. The standard InChI is InChI=1S/C22H18N10S2.2C19H16N8S2/c1-3-13-4-8-19-25-27-21(31(19)29-13)33-14-5-6-16-15(12-14)17(10-11-24-16)34-22-28-26-20-9-7-18(23-2)30-32(20)22;1-3-12-4-7-17-22-24-19(27(17)25-12)28-13-5-6-15-14(10-13)16(8-9-20-15)29-18-23-21-11-26(18)2;1-3-12-4-7-17-22-24-19(27(17)25-12)29-16-8-9-20-15-6-5-13(10-14(15)16)28-18-23-21-11-26(18)2/h4-12H,3H2,1-2H3,(H,23,30);2*4-11H,3H2,1-2H3. The zero-order valence-corrected chi connectivity index (χ0v) is 54.6. The molecule has 13 aromatic heterocycles. The molecule has 0 aliphatic rings. The first-order chi connectivity index (χ1) is 45.1. The van der Waals surface area contributed by atoms with E-state index in [0.717, 1.165) is 147 Å². The second-order valence-electron chi connectivity index (χ2n) is 20.0. The minimum Gasteiger partial charge on any atom is -0.372 e. The molecule has 0 aliphatic carbocycles. The van der Waals surface area contributed by atoms with Crippen LogP contribution in [0.2, 0.25) is 0 Å². The summed E-state index contributed by atoms with van der Waals surface area (Å²) in [6.45, 7) is 6.24. The number of hydrogen-bond donors (Lipinski definition) is 1. The van der Waals surface area contributed by atoms with Crippen LogP contribution in [0.15, 0.2) is 213 Å². The SMILES string of the molecule is CCc1ccc2nnc(Sc3ccc4nccc(Sc5nnc6ccc(NC)nn56)c4c3)n2n1.CCc1ccc2nnc(Sc3ccc4nccc(Sc5nncn5C)c4c3)n2n1.CCc1ccc2nnc(Sc3ccnc4ccc(Sc5nncn5C)cc34)n2n1. The van der Waals surface area contributed by atoms with Gasteiger partial charge in [0.25, 0.3) is 0 Å². The van der Waals surface area contributed by atoms with E-state index in [1.807, 2.05) is 146 Å². The maximum atomic E-state index is 4.65. The third kappa shape index (κ3) is 12.7. The number of fused-ring (bicyclic) bond motifs is 7. The Bertz CT molecular complexity index is 5350. The van der Waals surface area contributed by atoms with Gasteiger partial charge in [0.2, 0.25) is 20.6 Å². The smallest absolute Gasteiger partial charge is 0.217 e. The van der Waals surface area contributed by atoms with Crippen molar-refractivity contribution in [2.75, 3.05) is 12.4 Å². The third-order valence-corrected chi connectivity index (χ3v) is 20.1. The van der Waals surface area contributed by atoms with Crippen molar-refractivity contribution in [1.82, 2.24) is 124 Å². The van der Waals surface area contributed by atoms with Crippen LogP contribution in [0.1, 0.15) is 37.9 Å². The first kappa shape index (κ1) is 59.9. The molecule has 16 aromatic rings. The lowest BCUT2D eigenvalue weighted by Crippen LogP contribution is -1.99. The lowest BCUT2D eigenvalue weighted by molar-refractivity contribution is 0.775. The van der Waals surface area contributed by atoms with Gasteiger partial charge in [-0.25, -0.2) is 0 Å². The summed E-state index contributed by atoms with van der Waals surface area (Å²) >= 11 is 9.23. The molecule has 0 atom stereocenters. The van der Waals surface area contributed by atoms with E-state index in [9.17, 15) is 0 Å². The molecule has 92 heavy (non-hydrogen) atoms. The fourth-order valence-electron chi connectivity index (χ4n) is 9.24. The van der Waals surface area contributed by atoms with Gasteiger partial charge in [0.15, 0.2) is 32.9 Å². The van der Waals surface area contributed by atoms with E-state index in [4.69, 9.17) is 0 Å². The zero-order chi connectivity index (χ0) is 62.7. The van der Waals surface area contributed by atoms with E-state index in [2.05, 4.69) is 141 Å². The quantitative estimate of drug-likeness (QED) is 0.0940. The van der Waals surface area contributed by atoms with Crippen LogP contribution in [-0.4, -0.2) is 131 Å². The predicted octanol–water partition coefficient (Wildman–Crippen LogP) is 11.3. The van der Waals surface area contributed by atoms with Gasteiger partial charge in [-0.15, -0.1) is 66.3 Å². The second kappa shape index (κ2) is 26.6. The van der Waals surface area contributed by atoms with Crippen molar-refractivity contribution >= 4 is 132 Å². The Morgan fingerprint density at radius 1 is 0.348 bits per heavy atom. The number of nitrogens with zero attached hydrogens (tertiary/aromatic N) is 25. The number of aromatic nitrogens is 25. The topological polar surface area (TPSA) is 284 Å². The molecular weight excluding hydrogens is 1280 g/mol. The summed E-state index contributed by atoms with van der Waals surface area (Å²) in [7, 11) is 5.69. The predicted molar refractivity (Wildman–Crippen MR) is 353 cm³/mol. The van der Waals surface area contributed by atoms with Crippen LogP contribution >= 0.6 is 70.6 Å². The number of rotatable bonds is 16. The van der Waals surface area contributed by atoms with Gasteiger partial charge in [0, 0.05) is 85.3 Å². The largest absolute Gasteiger partial charge is 0.372 e. The van der Waals surface area contributed by atoms with Gasteiger partial charge in [0.1, 0.15) is 18.5 Å². The fraction of sp³-hybridized carbons (Fsp3) is 0.150. The highest BCUT2D eigenvalue weighted by Gasteiger charge is 2.18. The summed E-state index contributed by atoms with van der Waals surface area (Å²) in [6, 6.07) is 40.0. The molecule has 3 aromatic carbocycles. The summed E-state index contributed by atoms with van der Waals surface area (Å²) in [5.41, 5.74) is 8.64. The average Bonchev–Trinajstić information content (AvgIpc) is 2.70. The summed E-state index contributed by atoms with van der Waals surface area (Å²) in [5, 5.41) is 79.6. The van der Waals surface area contributed by atoms with Gasteiger partial charge >= 0.3 is 0 Å². The van der Waals surface area contributed by atoms with Crippen molar-refractivity contribution in [1.29, 1.82) is 0 Å². The van der Waals surface area contributed by atoms with Crippen molar-refractivity contribution in [2.24, 2.45) is 14.1 Å². The summed E-state index contributed by atoms with van der Waals surface area (Å²) in [6.07, 6.45) is 11.4. The molecular formula is C60H50N26S6. The molecule has 0 bridgehead atoms. The summed E-state index contributed by atoms with van der Waals surface area (Å²) in [4.78, 5) is 19.8. The zero-order valence-electron chi connectivity index (χ0n) is 49.7.